The molecule has 0 saturated heterocycles. The highest BCUT2D eigenvalue weighted by atomic mass is 32.1. The van der Waals surface area contributed by atoms with Crippen LogP contribution in [0.15, 0.2) is 53.9 Å². The topological polar surface area (TPSA) is 77.5 Å². The quantitative estimate of drug-likeness (QED) is 0.618. The molecular formula is C21H20N2O4S. The summed E-state index contributed by atoms with van der Waals surface area (Å²) in [5, 5.41) is 5.26. The van der Waals surface area contributed by atoms with Gasteiger partial charge in [-0.25, -0.2) is 4.98 Å². The van der Waals surface area contributed by atoms with Crippen LogP contribution in [0, 0.1) is 6.92 Å². The highest BCUT2D eigenvalue weighted by Gasteiger charge is 2.13. The molecule has 0 bridgehead atoms. The van der Waals surface area contributed by atoms with Crippen molar-refractivity contribution in [1.29, 1.82) is 0 Å². The Morgan fingerprint density at radius 1 is 1.11 bits per heavy atom. The first kappa shape index (κ1) is 19.6. The minimum Gasteiger partial charge on any atom is -0.496 e. The van der Waals surface area contributed by atoms with Gasteiger partial charge in [-0.1, -0.05) is 42.0 Å². The summed E-state index contributed by atoms with van der Waals surface area (Å²) in [6.45, 7) is 1.86. The van der Waals surface area contributed by atoms with Gasteiger partial charge in [0.15, 0.2) is 0 Å². The lowest BCUT2D eigenvalue weighted by molar-refractivity contribution is -0.143. The van der Waals surface area contributed by atoms with E-state index in [1.54, 1.807) is 24.3 Å². The van der Waals surface area contributed by atoms with E-state index in [0.29, 0.717) is 17.0 Å². The van der Waals surface area contributed by atoms with Gasteiger partial charge in [-0.05, 0) is 19.1 Å². The largest absolute Gasteiger partial charge is 0.496 e. The molecule has 144 valence electrons. The van der Waals surface area contributed by atoms with Gasteiger partial charge in [0.2, 0.25) is 0 Å². The van der Waals surface area contributed by atoms with Crippen LogP contribution in [0.3, 0.4) is 0 Å². The summed E-state index contributed by atoms with van der Waals surface area (Å²) in [4.78, 5) is 28.6. The minimum atomic E-state index is -0.534. The monoisotopic (exact) mass is 396 g/mol. The van der Waals surface area contributed by atoms with Gasteiger partial charge in [0.1, 0.15) is 23.9 Å². The van der Waals surface area contributed by atoms with Crippen LogP contribution < -0.4 is 10.1 Å². The maximum Gasteiger partial charge on any atom is 0.325 e. The number of hydrogen-bond acceptors (Lipinski definition) is 6. The second kappa shape index (κ2) is 9.14. The number of nitrogens with one attached hydrogen (secondary N) is 1. The Morgan fingerprint density at radius 3 is 2.61 bits per heavy atom. The van der Waals surface area contributed by atoms with Crippen molar-refractivity contribution in [2.75, 3.05) is 13.7 Å². The lowest BCUT2D eigenvalue weighted by Crippen LogP contribution is -2.30. The molecule has 1 N–H and O–H groups in total. The van der Waals surface area contributed by atoms with E-state index in [4.69, 9.17) is 9.47 Å². The van der Waals surface area contributed by atoms with E-state index in [1.165, 1.54) is 24.0 Å². The number of benzene rings is 2. The lowest BCUT2D eigenvalue weighted by atomic mass is 10.2. The normalized spacial score (nSPS) is 10.4. The maximum absolute atomic E-state index is 12.2. The summed E-state index contributed by atoms with van der Waals surface area (Å²) in [6.07, 6.45) is 0. The van der Waals surface area contributed by atoms with Crippen LogP contribution in [0.5, 0.6) is 5.75 Å². The fourth-order valence-electron chi connectivity index (χ4n) is 2.49. The van der Waals surface area contributed by atoms with Gasteiger partial charge < -0.3 is 14.8 Å². The third-order valence-corrected chi connectivity index (χ3v) is 4.92. The van der Waals surface area contributed by atoms with Gasteiger partial charge in [-0.2, -0.15) is 0 Å². The molecule has 0 aliphatic heterocycles. The molecule has 0 aliphatic carbocycles. The predicted octanol–water partition coefficient (Wildman–Crippen LogP) is 3.60. The molecule has 0 spiro atoms. The number of aromatic nitrogens is 1. The Bertz CT molecular complexity index is 967. The summed E-state index contributed by atoms with van der Waals surface area (Å²) in [5.41, 5.74) is 3.24. The molecule has 3 rings (SSSR count). The van der Waals surface area contributed by atoms with Gasteiger partial charge >= 0.3 is 5.97 Å². The SMILES string of the molecule is COc1ccccc1C(=O)NCC(=O)OCc1csc(-c2ccc(C)cc2)n1. The summed E-state index contributed by atoms with van der Waals surface area (Å²) >= 11 is 1.49. The molecule has 1 aromatic heterocycles. The first-order valence-electron chi connectivity index (χ1n) is 8.65. The van der Waals surface area contributed by atoms with E-state index in [2.05, 4.69) is 10.3 Å². The van der Waals surface area contributed by atoms with Crippen molar-refractivity contribution in [2.45, 2.75) is 13.5 Å². The van der Waals surface area contributed by atoms with E-state index in [0.717, 1.165) is 10.6 Å². The first-order chi connectivity index (χ1) is 13.6. The predicted molar refractivity (Wildman–Crippen MR) is 107 cm³/mol. The zero-order valence-corrected chi connectivity index (χ0v) is 16.4. The van der Waals surface area contributed by atoms with Crippen LogP contribution in [0.4, 0.5) is 0 Å². The Balaban J connectivity index is 1.49. The molecule has 0 atom stereocenters. The second-order valence-electron chi connectivity index (χ2n) is 6.05. The van der Waals surface area contributed by atoms with Crippen molar-refractivity contribution in [3.8, 4) is 16.3 Å². The highest BCUT2D eigenvalue weighted by molar-refractivity contribution is 7.13. The van der Waals surface area contributed by atoms with Crippen LogP contribution in [0.1, 0.15) is 21.6 Å². The van der Waals surface area contributed by atoms with Crippen LogP contribution in [-0.4, -0.2) is 30.5 Å². The molecule has 3 aromatic rings. The lowest BCUT2D eigenvalue weighted by Gasteiger charge is -2.08. The molecular weight excluding hydrogens is 376 g/mol. The molecule has 1 heterocycles. The number of ether oxygens (including phenoxy) is 2. The number of thiazole rings is 1. The van der Waals surface area contributed by atoms with Crippen molar-refractivity contribution in [3.05, 3.63) is 70.7 Å². The molecule has 0 radical (unpaired) electrons. The zero-order chi connectivity index (χ0) is 19.9. The minimum absolute atomic E-state index is 0.0612. The van der Waals surface area contributed by atoms with Crippen LogP contribution in [0.2, 0.25) is 0 Å². The number of hydrogen-bond donors (Lipinski definition) is 1. The standard InChI is InChI=1S/C21H20N2O4S/c1-14-7-9-15(10-8-14)21-23-16(13-28-21)12-27-19(24)11-22-20(25)17-5-3-4-6-18(17)26-2/h3-10,13H,11-12H2,1-2H3,(H,22,25). The van der Waals surface area contributed by atoms with Gasteiger partial charge in [0.05, 0.1) is 18.4 Å². The van der Waals surface area contributed by atoms with Crippen LogP contribution >= 0.6 is 11.3 Å². The summed E-state index contributed by atoms with van der Waals surface area (Å²) in [6, 6.07) is 14.9. The van der Waals surface area contributed by atoms with E-state index in [9.17, 15) is 9.59 Å². The van der Waals surface area contributed by atoms with Gasteiger partial charge in [0.25, 0.3) is 5.91 Å². The number of nitrogens with zero attached hydrogens (tertiary/aromatic N) is 1. The number of aryl methyl sites for hydroxylation is 1. The average Bonchev–Trinajstić information content (AvgIpc) is 3.20. The van der Waals surface area contributed by atoms with Crippen molar-refractivity contribution >= 4 is 23.2 Å². The highest BCUT2D eigenvalue weighted by Crippen LogP contribution is 2.24. The summed E-state index contributed by atoms with van der Waals surface area (Å²) in [5.74, 6) is -0.489. The average molecular weight is 396 g/mol. The molecule has 1 amide bonds. The van der Waals surface area contributed by atoms with Crippen LogP contribution in [0.25, 0.3) is 10.6 Å². The maximum atomic E-state index is 12.2. The number of amides is 1. The number of carbonyl (C=O) groups is 2. The summed E-state index contributed by atoms with van der Waals surface area (Å²) in [7, 11) is 1.49. The molecule has 7 heteroatoms. The molecule has 6 nitrogen and oxygen atoms in total. The molecule has 28 heavy (non-hydrogen) atoms. The fourth-order valence-corrected chi connectivity index (χ4v) is 3.30. The van der Waals surface area contributed by atoms with Crippen molar-refractivity contribution in [2.24, 2.45) is 0 Å². The van der Waals surface area contributed by atoms with Crippen molar-refractivity contribution in [3.63, 3.8) is 0 Å². The number of methoxy groups -OCH3 is 1. The van der Waals surface area contributed by atoms with Gasteiger partial charge in [-0.3, -0.25) is 9.59 Å². The van der Waals surface area contributed by atoms with E-state index in [-0.39, 0.29) is 13.2 Å². The zero-order valence-electron chi connectivity index (χ0n) is 15.6. The first-order valence-corrected chi connectivity index (χ1v) is 9.53. The van der Waals surface area contributed by atoms with E-state index in [1.807, 2.05) is 36.6 Å². The third kappa shape index (κ3) is 4.95. The number of esters is 1. The molecule has 0 aliphatic rings. The molecule has 2 aromatic carbocycles. The van der Waals surface area contributed by atoms with E-state index < -0.39 is 11.9 Å². The molecule has 0 fully saturated rings. The second-order valence-corrected chi connectivity index (χ2v) is 6.91. The molecule has 0 unspecified atom stereocenters. The third-order valence-electron chi connectivity index (χ3n) is 3.98. The number of para-hydroxylation sites is 1. The Labute approximate surface area is 167 Å². The smallest absolute Gasteiger partial charge is 0.325 e. The van der Waals surface area contributed by atoms with Crippen molar-refractivity contribution < 1.29 is 19.1 Å². The van der Waals surface area contributed by atoms with Gasteiger partial charge in [0, 0.05) is 10.9 Å². The Kier molecular flexibility index (Phi) is 6.39. The van der Waals surface area contributed by atoms with Gasteiger partial charge in [-0.15, -0.1) is 11.3 Å². The molecule has 0 saturated carbocycles. The van der Waals surface area contributed by atoms with Crippen LogP contribution in [-0.2, 0) is 16.1 Å². The number of rotatable bonds is 7. The number of carbonyl (C=O) groups excluding carboxylic acids is 2. The Hall–Kier alpha value is -3.19. The van der Waals surface area contributed by atoms with Crippen molar-refractivity contribution in [1.82, 2.24) is 10.3 Å². The summed E-state index contributed by atoms with van der Waals surface area (Å²) < 4.78 is 10.3. The van der Waals surface area contributed by atoms with E-state index >= 15 is 0 Å². The Morgan fingerprint density at radius 2 is 1.86 bits per heavy atom. The fraction of sp³-hybridized carbons (Fsp3) is 0.190.